The van der Waals surface area contributed by atoms with E-state index in [2.05, 4.69) is 5.10 Å². The summed E-state index contributed by atoms with van der Waals surface area (Å²) in [7, 11) is 0. The van der Waals surface area contributed by atoms with E-state index in [1.807, 2.05) is 4.68 Å². The van der Waals surface area contributed by atoms with Crippen molar-refractivity contribution in [2.24, 2.45) is 0 Å². The number of aryl methyl sites for hydroxylation is 1. The second kappa shape index (κ2) is 4.72. The molecular weight excluding hydrogens is 232 g/mol. The minimum Gasteiger partial charge on any atom is -0.476 e. The number of hydrogen-bond acceptors (Lipinski definition) is 3. The van der Waals surface area contributed by atoms with E-state index in [4.69, 9.17) is 4.74 Å². The minimum atomic E-state index is -0.890. The van der Waals surface area contributed by atoms with Gasteiger partial charge in [-0.25, -0.2) is 4.79 Å². The SMILES string of the molecule is O=C(O)c1nn2c(c1C1CCOCC1)CCCC2. The fourth-order valence-electron chi connectivity index (χ4n) is 3.09. The Bertz CT molecular complexity index is 461. The number of rotatable bonds is 2. The molecule has 3 heterocycles. The molecule has 1 aromatic heterocycles. The quantitative estimate of drug-likeness (QED) is 0.869. The molecular formula is C13H18N2O3. The Hall–Kier alpha value is -1.36. The Balaban J connectivity index is 2.03. The van der Waals surface area contributed by atoms with Crippen LogP contribution >= 0.6 is 0 Å². The molecule has 1 fully saturated rings. The van der Waals surface area contributed by atoms with Crippen LogP contribution in [0.5, 0.6) is 0 Å². The third-order valence-electron chi connectivity index (χ3n) is 3.96. The van der Waals surface area contributed by atoms with Gasteiger partial charge >= 0.3 is 5.97 Å². The van der Waals surface area contributed by atoms with E-state index in [0.29, 0.717) is 5.92 Å². The van der Waals surface area contributed by atoms with E-state index in [1.165, 1.54) is 0 Å². The maximum absolute atomic E-state index is 11.4. The van der Waals surface area contributed by atoms with Crippen LogP contribution in [0, 0.1) is 0 Å². The largest absolute Gasteiger partial charge is 0.476 e. The van der Waals surface area contributed by atoms with Crippen molar-refractivity contribution in [3.8, 4) is 0 Å². The highest BCUT2D eigenvalue weighted by Gasteiger charge is 2.30. The molecule has 0 aliphatic carbocycles. The van der Waals surface area contributed by atoms with Crippen molar-refractivity contribution >= 4 is 5.97 Å². The molecule has 0 spiro atoms. The molecule has 0 bridgehead atoms. The van der Waals surface area contributed by atoms with Crippen molar-refractivity contribution < 1.29 is 14.6 Å². The number of ether oxygens (including phenoxy) is 1. The van der Waals surface area contributed by atoms with E-state index >= 15 is 0 Å². The van der Waals surface area contributed by atoms with Crippen molar-refractivity contribution in [3.05, 3.63) is 17.0 Å². The molecule has 0 amide bonds. The van der Waals surface area contributed by atoms with Gasteiger partial charge in [0.05, 0.1) is 0 Å². The van der Waals surface area contributed by atoms with Gasteiger partial charge in [0.25, 0.3) is 0 Å². The summed E-state index contributed by atoms with van der Waals surface area (Å²) in [5.74, 6) is -0.579. The number of fused-ring (bicyclic) bond motifs is 1. The zero-order valence-corrected chi connectivity index (χ0v) is 10.4. The van der Waals surface area contributed by atoms with Crippen LogP contribution < -0.4 is 0 Å². The first kappa shape index (κ1) is 11.7. The number of carboxylic acid groups (broad SMARTS) is 1. The second-order valence-electron chi connectivity index (χ2n) is 5.08. The van der Waals surface area contributed by atoms with Crippen molar-refractivity contribution in [3.63, 3.8) is 0 Å². The van der Waals surface area contributed by atoms with Crippen LogP contribution in [0.15, 0.2) is 0 Å². The molecule has 3 rings (SSSR count). The van der Waals surface area contributed by atoms with Gasteiger partial charge < -0.3 is 9.84 Å². The van der Waals surface area contributed by atoms with E-state index in [1.54, 1.807) is 0 Å². The maximum Gasteiger partial charge on any atom is 0.356 e. The summed E-state index contributed by atoms with van der Waals surface area (Å²) in [6.45, 7) is 2.32. The smallest absolute Gasteiger partial charge is 0.356 e. The average Bonchev–Trinajstić information content (AvgIpc) is 2.79. The summed E-state index contributed by atoms with van der Waals surface area (Å²) < 4.78 is 7.28. The third-order valence-corrected chi connectivity index (χ3v) is 3.96. The fourth-order valence-corrected chi connectivity index (χ4v) is 3.09. The summed E-state index contributed by atoms with van der Waals surface area (Å²) >= 11 is 0. The van der Waals surface area contributed by atoms with Crippen LogP contribution in [0.4, 0.5) is 0 Å². The molecule has 1 aromatic rings. The summed E-state index contributed by atoms with van der Waals surface area (Å²) in [5.41, 5.74) is 2.43. The molecule has 5 heteroatoms. The first-order chi connectivity index (χ1) is 8.77. The first-order valence-electron chi connectivity index (χ1n) is 6.68. The molecule has 0 radical (unpaired) electrons. The van der Waals surface area contributed by atoms with Gasteiger partial charge in [-0.1, -0.05) is 0 Å². The molecule has 2 aliphatic rings. The Morgan fingerprint density at radius 2 is 2.11 bits per heavy atom. The van der Waals surface area contributed by atoms with Gasteiger partial charge in [0.2, 0.25) is 0 Å². The lowest BCUT2D eigenvalue weighted by Gasteiger charge is -2.24. The Morgan fingerprint density at radius 3 is 2.83 bits per heavy atom. The topological polar surface area (TPSA) is 64.3 Å². The van der Waals surface area contributed by atoms with E-state index in [-0.39, 0.29) is 5.69 Å². The molecule has 5 nitrogen and oxygen atoms in total. The van der Waals surface area contributed by atoms with Gasteiger partial charge in [-0.3, -0.25) is 4.68 Å². The van der Waals surface area contributed by atoms with Crippen molar-refractivity contribution in [2.75, 3.05) is 13.2 Å². The van der Waals surface area contributed by atoms with Gasteiger partial charge in [-0.15, -0.1) is 0 Å². The Labute approximate surface area is 106 Å². The molecule has 1 N–H and O–H groups in total. The first-order valence-corrected chi connectivity index (χ1v) is 6.68. The highest BCUT2D eigenvalue weighted by Crippen LogP contribution is 2.34. The van der Waals surface area contributed by atoms with E-state index < -0.39 is 5.97 Å². The van der Waals surface area contributed by atoms with Crippen LogP contribution in [-0.4, -0.2) is 34.1 Å². The van der Waals surface area contributed by atoms with Crippen molar-refractivity contribution in [1.29, 1.82) is 0 Å². The fraction of sp³-hybridized carbons (Fsp3) is 0.692. The zero-order chi connectivity index (χ0) is 12.5. The Morgan fingerprint density at radius 1 is 1.33 bits per heavy atom. The van der Waals surface area contributed by atoms with Gasteiger partial charge in [-0.2, -0.15) is 5.10 Å². The number of aromatic nitrogens is 2. The minimum absolute atomic E-state index is 0.277. The van der Waals surface area contributed by atoms with E-state index in [9.17, 15) is 9.90 Å². The van der Waals surface area contributed by atoms with Crippen molar-refractivity contribution in [2.45, 2.75) is 44.6 Å². The molecule has 1 saturated heterocycles. The lowest BCUT2D eigenvalue weighted by Crippen LogP contribution is -2.18. The number of hydrogen-bond donors (Lipinski definition) is 1. The lowest BCUT2D eigenvalue weighted by atomic mass is 9.88. The van der Waals surface area contributed by atoms with Crippen molar-refractivity contribution in [1.82, 2.24) is 9.78 Å². The lowest BCUT2D eigenvalue weighted by molar-refractivity contribution is 0.0678. The molecule has 98 valence electrons. The predicted molar refractivity (Wildman–Crippen MR) is 64.9 cm³/mol. The van der Waals surface area contributed by atoms with Crippen LogP contribution in [0.2, 0.25) is 0 Å². The molecule has 2 aliphatic heterocycles. The second-order valence-corrected chi connectivity index (χ2v) is 5.08. The molecule has 0 atom stereocenters. The van der Waals surface area contributed by atoms with Gasteiger partial charge in [0.15, 0.2) is 5.69 Å². The monoisotopic (exact) mass is 250 g/mol. The summed E-state index contributed by atoms with van der Waals surface area (Å²) in [5, 5.41) is 13.6. The van der Waals surface area contributed by atoms with Crippen LogP contribution in [0.3, 0.4) is 0 Å². The van der Waals surface area contributed by atoms with E-state index in [0.717, 1.165) is 63.1 Å². The summed E-state index contributed by atoms with van der Waals surface area (Å²) in [4.78, 5) is 11.4. The molecule has 0 unspecified atom stereocenters. The standard InChI is InChI=1S/C13H18N2O3/c16-13(17)12-11(9-4-7-18-8-5-9)10-3-1-2-6-15(10)14-12/h9H,1-8H2,(H,16,17). The highest BCUT2D eigenvalue weighted by molar-refractivity contribution is 5.87. The molecule has 18 heavy (non-hydrogen) atoms. The molecule has 0 aromatic carbocycles. The van der Waals surface area contributed by atoms with Gasteiger partial charge in [-0.05, 0) is 38.0 Å². The van der Waals surface area contributed by atoms with Gasteiger partial charge in [0, 0.05) is 31.0 Å². The van der Waals surface area contributed by atoms with Crippen LogP contribution in [0.25, 0.3) is 0 Å². The predicted octanol–water partition coefficient (Wildman–Crippen LogP) is 1.81. The van der Waals surface area contributed by atoms with Crippen LogP contribution in [-0.2, 0) is 17.7 Å². The summed E-state index contributed by atoms with van der Waals surface area (Å²) in [6.07, 6.45) is 5.03. The van der Waals surface area contributed by atoms with Gasteiger partial charge in [0.1, 0.15) is 0 Å². The summed E-state index contributed by atoms with van der Waals surface area (Å²) in [6, 6.07) is 0. The number of nitrogens with zero attached hydrogens (tertiary/aromatic N) is 2. The number of aromatic carboxylic acids is 1. The number of carbonyl (C=O) groups is 1. The normalized spacial score (nSPS) is 20.7. The third kappa shape index (κ3) is 1.92. The van der Waals surface area contributed by atoms with Crippen LogP contribution in [0.1, 0.15) is 53.3 Å². The number of carboxylic acids is 1. The molecule has 0 saturated carbocycles. The average molecular weight is 250 g/mol. The Kier molecular flexibility index (Phi) is 3.07. The highest BCUT2D eigenvalue weighted by atomic mass is 16.5. The zero-order valence-electron chi connectivity index (χ0n) is 10.4. The maximum atomic E-state index is 11.4.